The zero-order valence-corrected chi connectivity index (χ0v) is 21.6. The van der Waals surface area contributed by atoms with E-state index in [1.807, 2.05) is 74.5 Å². The number of H-pyrrole nitrogens is 1. The molecule has 0 saturated carbocycles. The van der Waals surface area contributed by atoms with Crippen molar-refractivity contribution in [3.05, 3.63) is 115 Å². The fourth-order valence-corrected chi connectivity index (χ4v) is 4.08. The standard InChI is InChI=1S/C32H31N3O3/c1-4-7-11-22(5-2)21-38-26-18-19-27(28(36)20-26)30-29(31(35-34-30)32(37)33-6-3)25-16-14-24(15-17-25)23-12-9-8-10-13-23/h4-5,7-20,36H,1,6,21H2,2-3H3,(H,33,37)(H,34,35)/b11-7-,22-5+. The number of aromatic amines is 1. The van der Waals surface area contributed by atoms with Crippen molar-refractivity contribution in [2.75, 3.05) is 13.2 Å². The summed E-state index contributed by atoms with van der Waals surface area (Å²) in [5, 5.41) is 21.1. The molecule has 38 heavy (non-hydrogen) atoms. The lowest BCUT2D eigenvalue weighted by atomic mass is 9.96. The summed E-state index contributed by atoms with van der Waals surface area (Å²) in [5.41, 5.74) is 5.87. The smallest absolute Gasteiger partial charge is 0.269 e. The number of aromatic hydroxyl groups is 1. The van der Waals surface area contributed by atoms with E-state index in [0.717, 1.165) is 22.3 Å². The van der Waals surface area contributed by atoms with Gasteiger partial charge in [0.2, 0.25) is 0 Å². The number of aromatic nitrogens is 2. The molecule has 0 atom stereocenters. The lowest BCUT2D eigenvalue weighted by Crippen LogP contribution is -2.23. The Labute approximate surface area is 223 Å². The maximum absolute atomic E-state index is 12.9. The molecule has 0 aliphatic rings. The summed E-state index contributed by atoms with van der Waals surface area (Å²) in [6.07, 6.45) is 7.42. The zero-order chi connectivity index (χ0) is 26.9. The van der Waals surface area contributed by atoms with E-state index in [9.17, 15) is 9.90 Å². The second-order valence-corrected chi connectivity index (χ2v) is 8.55. The van der Waals surface area contributed by atoms with E-state index in [4.69, 9.17) is 4.74 Å². The van der Waals surface area contributed by atoms with Gasteiger partial charge in [-0.2, -0.15) is 5.10 Å². The molecular formula is C32H31N3O3. The number of nitrogens with zero attached hydrogens (tertiary/aromatic N) is 1. The minimum Gasteiger partial charge on any atom is -0.507 e. The highest BCUT2D eigenvalue weighted by Gasteiger charge is 2.23. The van der Waals surface area contributed by atoms with Crippen molar-refractivity contribution in [2.24, 2.45) is 0 Å². The molecule has 0 aliphatic heterocycles. The number of amides is 1. The predicted molar refractivity (Wildman–Crippen MR) is 153 cm³/mol. The third-order valence-corrected chi connectivity index (χ3v) is 6.06. The summed E-state index contributed by atoms with van der Waals surface area (Å²) >= 11 is 0. The van der Waals surface area contributed by atoms with Gasteiger partial charge < -0.3 is 15.2 Å². The SMILES string of the molecule is C=C/C=C\C(=C/C)COc1ccc(-c2n[nH]c(C(=O)NCC)c2-c2ccc(-c3ccccc3)cc2)c(O)c1. The number of phenolic OH excluding ortho intramolecular Hbond substituents is 1. The summed E-state index contributed by atoms with van der Waals surface area (Å²) in [6.45, 7) is 8.31. The number of rotatable bonds is 10. The fourth-order valence-electron chi connectivity index (χ4n) is 4.08. The van der Waals surface area contributed by atoms with Gasteiger partial charge in [-0.15, -0.1) is 0 Å². The molecule has 1 amide bonds. The van der Waals surface area contributed by atoms with Crippen LogP contribution in [0.15, 0.2) is 109 Å². The molecule has 6 heteroatoms. The molecule has 4 aromatic rings. The molecule has 0 spiro atoms. The molecule has 192 valence electrons. The van der Waals surface area contributed by atoms with Gasteiger partial charge in [-0.05, 0) is 48.2 Å². The summed E-state index contributed by atoms with van der Waals surface area (Å²) in [5.74, 6) is 0.257. The van der Waals surface area contributed by atoms with Gasteiger partial charge in [0.25, 0.3) is 5.91 Å². The lowest BCUT2D eigenvalue weighted by molar-refractivity contribution is 0.0951. The van der Waals surface area contributed by atoms with Crippen LogP contribution >= 0.6 is 0 Å². The molecule has 1 heterocycles. The van der Waals surface area contributed by atoms with Gasteiger partial charge >= 0.3 is 0 Å². The van der Waals surface area contributed by atoms with Gasteiger partial charge in [0.1, 0.15) is 29.5 Å². The number of carbonyl (C=O) groups is 1. The van der Waals surface area contributed by atoms with Crippen molar-refractivity contribution in [2.45, 2.75) is 13.8 Å². The van der Waals surface area contributed by atoms with E-state index in [1.54, 1.807) is 24.3 Å². The highest BCUT2D eigenvalue weighted by Crippen LogP contribution is 2.39. The van der Waals surface area contributed by atoms with Gasteiger partial charge in [0.05, 0.1) is 0 Å². The van der Waals surface area contributed by atoms with Gasteiger partial charge in [0.15, 0.2) is 0 Å². The summed E-state index contributed by atoms with van der Waals surface area (Å²) in [6, 6.07) is 23.1. The third-order valence-electron chi connectivity index (χ3n) is 6.06. The largest absolute Gasteiger partial charge is 0.507 e. The second-order valence-electron chi connectivity index (χ2n) is 8.55. The fraction of sp³-hybridized carbons (Fsp3) is 0.125. The van der Waals surface area contributed by atoms with Crippen LogP contribution in [0.5, 0.6) is 11.5 Å². The topological polar surface area (TPSA) is 87.2 Å². The first kappa shape index (κ1) is 26.2. The van der Waals surface area contributed by atoms with Crippen molar-refractivity contribution in [3.63, 3.8) is 0 Å². The Morgan fingerprint density at radius 1 is 1.05 bits per heavy atom. The first-order valence-electron chi connectivity index (χ1n) is 12.5. The van der Waals surface area contributed by atoms with Crippen LogP contribution in [-0.2, 0) is 0 Å². The Morgan fingerprint density at radius 3 is 2.42 bits per heavy atom. The number of ether oxygens (including phenoxy) is 1. The first-order valence-corrected chi connectivity index (χ1v) is 12.5. The molecule has 0 unspecified atom stereocenters. The van der Waals surface area contributed by atoms with E-state index in [1.165, 1.54) is 0 Å². The number of hydrogen-bond donors (Lipinski definition) is 3. The average Bonchev–Trinajstić information content (AvgIpc) is 3.39. The molecule has 4 rings (SSSR count). The molecule has 0 saturated heterocycles. The molecule has 3 aromatic carbocycles. The van der Waals surface area contributed by atoms with Crippen LogP contribution in [-0.4, -0.2) is 34.4 Å². The maximum atomic E-state index is 12.9. The Hall–Kier alpha value is -4.84. The van der Waals surface area contributed by atoms with Crippen molar-refractivity contribution in [3.8, 4) is 45.0 Å². The van der Waals surface area contributed by atoms with Crippen molar-refractivity contribution in [1.29, 1.82) is 0 Å². The van der Waals surface area contributed by atoms with Gasteiger partial charge in [0, 0.05) is 23.7 Å². The summed E-state index contributed by atoms with van der Waals surface area (Å²) in [4.78, 5) is 12.9. The summed E-state index contributed by atoms with van der Waals surface area (Å²) < 4.78 is 5.87. The van der Waals surface area contributed by atoms with E-state index in [-0.39, 0.29) is 11.7 Å². The third kappa shape index (κ3) is 5.93. The number of nitrogens with one attached hydrogen (secondary N) is 2. The number of carbonyl (C=O) groups excluding carboxylic acids is 1. The van der Waals surface area contributed by atoms with Crippen LogP contribution in [0.1, 0.15) is 24.3 Å². The monoisotopic (exact) mass is 505 g/mol. The lowest BCUT2D eigenvalue weighted by Gasteiger charge is -2.11. The van der Waals surface area contributed by atoms with Crippen molar-refractivity contribution in [1.82, 2.24) is 15.5 Å². The van der Waals surface area contributed by atoms with E-state index in [0.29, 0.717) is 41.4 Å². The number of phenols is 1. The van der Waals surface area contributed by atoms with Crippen LogP contribution in [0, 0.1) is 0 Å². The van der Waals surface area contributed by atoms with E-state index in [2.05, 4.69) is 34.2 Å². The second kappa shape index (κ2) is 12.4. The number of hydrogen-bond acceptors (Lipinski definition) is 4. The Bertz CT molecular complexity index is 1470. The van der Waals surface area contributed by atoms with Crippen molar-refractivity contribution < 1.29 is 14.6 Å². The maximum Gasteiger partial charge on any atom is 0.269 e. The zero-order valence-electron chi connectivity index (χ0n) is 21.6. The predicted octanol–water partition coefficient (Wildman–Crippen LogP) is 6.93. The van der Waals surface area contributed by atoms with Gasteiger partial charge in [-0.25, -0.2) is 0 Å². The Kier molecular flexibility index (Phi) is 8.57. The highest BCUT2D eigenvalue weighted by molar-refractivity contribution is 6.03. The van der Waals surface area contributed by atoms with Gasteiger partial charge in [-0.3, -0.25) is 9.89 Å². The quantitative estimate of drug-likeness (QED) is 0.204. The highest BCUT2D eigenvalue weighted by atomic mass is 16.5. The van der Waals surface area contributed by atoms with Gasteiger partial charge in [-0.1, -0.05) is 85.5 Å². The minimum absolute atomic E-state index is 0.00210. The normalized spacial score (nSPS) is 11.5. The molecule has 0 aliphatic carbocycles. The van der Waals surface area contributed by atoms with Crippen LogP contribution < -0.4 is 10.1 Å². The Morgan fingerprint density at radius 2 is 1.76 bits per heavy atom. The molecule has 0 fully saturated rings. The first-order chi connectivity index (χ1) is 18.5. The molecule has 3 N–H and O–H groups in total. The molecule has 6 nitrogen and oxygen atoms in total. The van der Waals surface area contributed by atoms with Crippen molar-refractivity contribution >= 4 is 5.91 Å². The van der Waals surface area contributed by atoms with Crippen LogP contribution in [0.3, 0.4) is 0 Å². The van der Waals surface area contributed by atoms with Crippen LogP contribution in [0.2, 0.25) is 0 Å². The molecular weight excluding hydrogens is 474 g/mol. The molecule has 1 aromatic heterocycles. The number of benzene rings is 3. The average molecular weight is 506 g/mol. The Balaban J connectivity index is 1.69. The van der Waals surface area contributed by atoms with E-state index < -0.39 is 0 Å². The van der Waals surface area contributed by atoms with Crippen LogP contribution in [0.4, 0.5) is 0 Å². The summed E-state index contributed by atoms with van der Waals surface area (Å²) in [7, 11) is 0. The van der Waals surface area contributed by atoms with E-state index >= 15 is 0 Å². The van der Waals surface area contributed by atoms with Crippen LogP contribution in [0.25, 0.3) is 33.5 Å². The molecule has 0 bridgehead atoms. The minimum atomic E-state index is -0.265. The molecule has 0 radical (unpaired) electrons. The number of allylic oxidation sites excluding steroid dienone is 3.